The van der Waals surface area contributed by atoms with Crippen molar-refractivity contribution < 1.29 is 28.1 Å². The summed E-state index contributed by atoms with van der Waals surface area (Å²) in [6, 6.07) is 0. The van der Waals surface area contributed by atoms with Crippen molar-refractivity contribution in [2.24, 2.45) is 5.92 Å². The number of hydrogen-bond donors (Lipinski definition) is 2. The van der Waals surface area contributed by atoms with Gasteiger partial charge < -0.3 is 14.9 Å². The van der Waals surface area contributed by atoms with Crippen molar-refractivity contribution in [3.63, 3.8) is 0 Å². The van der Waals surface area contributed by atoms with Crippen molar-refractivity contribution in [3.8, 4) is 5.88 Å². The Morgan fingerprint density at radius 1 is 1.16 bits per heavy atom. The fourth-order valence-corrected chi connectivity index (χ4v) is 4.87. The van der Waals surface area contributed by atoms with Crippen LogP contribution in [0, 0.1) is 5.92 Å². The van der Waals surface area contributed by atoms with Crippen molar-refractivity contribution >= 4 is 10.9 Å². The van der Waals surface area contributed by atoms with Crippen molar-refractivity contribution in [2.75, 3.05) is 0 Å². The SMILES string of the molecule is C[C@H](Cc1ncc2c(OC3CC(C)(O)C3)ncc(C3CCC(O)CC3)c2n1)CC(F)(F)F. The summed E-state index contributed by atoms with van der Waals surface area (Å²) in [7, 11) is 0. The second-order valence-electron chi connectivity index (χ2n) is 9.85. The van der Waals surface area contributed by atoms with Gasteiger partial charge in [0.15, 0.2) is 0 Å². The molecule has 0 aliphatic heterocycles. The molecule has 0 spiro atoms. The standard InChI is InChI=1S/C23H30F3N3O3/c1-13(8-23(24,25)26)7-19-27-12-18-20(29-19)17(14-3-5-15(30)6-4-14)11-28-21(18)32-16-9-22(2,31)10-16/h11-16,30-31H,3-10H2,1-2H3/t13-,14?,15?,16?,22?/m1/s1. The lowest BCUT2D eigenvalue weighted by molar-refractivity contribution is -0.143. The van der Waals surface area contributed by atoms with Gasteiger partial charge in [0.25, 0.3) is 0 Å². The molecule has 9 heteroatoms. The molecular weight excluding hydrogens is 423 g/mol. The van der Waals surface area contributed by atoms with E-state index in [1.54, 1.807) is 26.2 Å². The number of ether oxygens (including phenoxy) is 1. The van der Waals surface area contributed by atoms with Crippen LogP contribution in [0.2, 0.25) is 0 Å². The highest BCUT2D eigenvalue weighted by molar-refractivity contribution is 5.85. The van der Waals surface area contributed by atoms with Gasteiger partial charge in [0.1, 0.15) is 11.9 Å². The number of pyridine rings is 1. The second-order valence-corrected chi connectivity index (χ2v) is 9.85. The number of fused-ring (bicyclic) bond motifs is 1. The first-order valence-corrected chi connectivity index (χ1v) is 11.3. The van der Waals surface area contributed by atoms with Crippen LogP contribution < -0.4 is 4.74 Å². The Morgan fingerprint density at radius 2 is 1.84 bits per heavy atom. The lowest BCUT2D eigenvalue weighted by atomic mass is 9.79. The predicted octanol–water partition coefficient (Wildman–Crippen LogP) is 4.47. The molecular formula is C23H30F3N3O3. The second kappa shape index (κ2) is 8.74. The zero-order valence-electron chi connectivity index (χ0n) is 18.4. The smallest absolute Gasteiger partial charge is 0.389 e. The Labute approximate surface area is 185 Å². The minimum Gasteiger partial charge on any atom is -0.474 e. The van der Waals surface area contributed by atoms with E-state index in [9.17, 15) is 23.4 Å². The number of aromatic nitrogens is 3. The van der Waals surface area contributed by atoms with Gasteiger partial charge in [-0.3, -0.25) is 0 Å². The van der Waals surface area contributed by atoms with Crippen LogP contribution in [0.15, 0.2) is 12.4 Å². The van der Waals surface area contributed by atoms with Crippen LogP contribution in [-0.4, -0.2) is 49.2 Å². The zero-order valence-corrected chi connectivity index (χ0v) is 18.4. The van der Waals surface area contributed by atoms with Crippen LogP contribution >= 0.6 is 0 Å². The molecule has 6 nitrogen and oxygen atoms in total. The molecule has 2 N–H and O–H groups in total. The molecule has 176 valence electrons. The summed E-state index contributed by atoms with van der Waals surface area (Å²) in [5, 5.41) is 20.5. The molecule has 4 rings (SSSR count). The van der Waals surface area contributed by atoms with Gasteiger partial charge in [0, 0.05) is 43.6 Å². The summed E-state index contributed by atoms with van der Waals surface area (Å²) in [6.07, 6.45) is 1.92. The third-order valence-corrected chi connectivity index (χ3v) is 6.52. The Bertz CT molecular complexity index is 951. The summed E-state index contributed by atoms with van der Waals surface area (Å²) in [6.45, 7) is 3.31. The van der Waals surface area contributed by atoms with Gasteiger partial charge in [-0.15, -0.1) is 0 Å². The summed E-state index contributed by atoms with van der Waals surface area (Å²) in [4.78, 5) is 13.5. The van der Waals surface area contributed by atoms with E-state index in [4.69, 9.17) is 4.74 Å². The number of rotatable bonds is 6. The first-order valence-electron chi connectivity index (χ1n) is 11.3. The van der Waals surface area contributed by atoms with Gasteiger partial charge in [-0.05, 0) is 44.4 Å². The van der Waals surface area contributed by atoms with E-state index in [1.165, 1.54) is 0 Å². The van der Waals surface area contributed by atoms with E-state index in [0.29, 0.717) is 48.3 Å². The van der Waals surface area contributed by atoms with Crippen LogP contribution in [0.25, 0.3) is 10.9 Å². The lowest BCUT2D eigenvalue weighted by Gasteiger charge is -2.40. The van der Waals surface area contributed by atoms with E-state index < -0.39 is 24.1 Å². The zero-order chi connectivity index (χ0) is 23.1. The molecule has 2 aliphatic carbocycles. The molecule has 2 aliphatic rings. The molecule has 0 amide bonds. The Balaban J connectivity index is 1.64. The van der Waals surface area contributed by atoms with Crippen molar-refractivity contribution in [3.05, 3.63) is 23.8 Å². The van der Waals surface area contributed by atoms with E-state index in [-0.39, 0.29) is 24.5 Å². The number of aliphatic hydroxyl groups is 2. The van der Waals surface area contributed by atoms with E-state index in [0.717, 1.165) is 18.4 Å². The maximum atomic E-state index is 12.8. The topological polar surface area (TPSA) is 88.4 Å². The van der Waals surface area contributed by atoms with Gasteiger partial charge in [-0.2, -0.15) is 13.2 Å². The maximum absolute atomic E-state index is 12.8. The number of nitrogens with zero attached hydrogens (tertiary/aromatic N) is 3. The average molecular weight is 454 g/mol. The molecule has 2 aromatic rings. The molecule has 0 bridgehead atoms. The van der Waals surface area contributed by atoms with Crippen LogP contribution in [-0.2, 0) is 6.42 Å². The summed E-state index contributed by atoms with van der Waals surface area (Å²) in [5.41, 5.74) is 0.848. The van der Waals surface area contributed by atoms with Crippen LogP contribution in [0.3, 0.4) is 0 Å². The Hall–Kier alpha value is -2.00. The van der Waals surface area contributed by atoms with Crippen LogP contribution in [0.5, 0.6) is 5.88 Å². The first kappa shape index (κ1) is 23.2. The third-order valence-electron chi connectivity index (χ3n) is 6.52. The maximum Gasteiger partial charge on any atom is 0.389 e. The molecule has 0 unspecified atom stereocenters. The number of hydrogen-bond acceptors (Lipinski definition) is 6. The Kier molecular flexibility index (Phi) is 6.33. The first-order chi connectivity index (χ1) is 15.0. The fourth-order valence-electron chi connectivity index (χ4n) is 4.87. The number of aliphatic hydroxyl groups excluding tert-OH is 1. The van der Waals surface area contributed by atoms with Crippen molar-refractivity contribution in [2.45, 2.75) is 95.1 Å². The number of alkyl halides is 3. The van der Waals surface area contributed by atoms with Gasteiger partial charge >= 0.3 is 6.18 Å². The molecule has 2 fully saturated rings. The third kappa shape index (κ3) is 5.49. The van der Waals surface area contributed by atoms with E-state index >= 15 is 0 Å². The molecule has 2 heterocycles. The molecule has 0 radical (unpaired) electrons. The fraction of sp³-hybridized carbons (Fsp3) is 0.696. The summed E-state index contributed by atoms with van der Waals surface area (Å²) >= 11 is 0. The van der Waals surface area contributed by atoms with Crippen LogP contribution in [0.1, 0.15) is 76.1 Å². The molecule has 0 aromatic carbocycles. The molecule has 2 saturated carbocycles. The van der Waals surface area contributed by atoms with Gasteiger partial charge in [0.05, 0.1) is 22.6 Å². The summed E-state index contributed by atoms with van der Waals surface area (Å²) in [5.74, 6) is 0.294. The molecule has 2 aromatic heterocycles. The van der Waals surface area contributed by atoms with Gasteiger partial charge in [0.2, 0.25) is 5.88 Å². The average Bonchev–Trinajstić information content (AvgIpc) is 2.66. The Morgan fingerprint density at radius 3 is 2.47 bits per heavy atom. The minimum absolute atomic E-state index is 0.127. The van der Waals surface area contributed by atoms with Gasteiger partial charge in [-0.1, -0.05) is 6.92 Å². The minimum atomic E-state index is -4.22. The molecule has 0 saturated heterocycles. The highest BCUT2D eigenvalue weighted by Crippen LogP contribution is 2.40. The van der Waals surface area contributed by atoms with E-state index in [1.807, 2.05) is 0 Å². The summed E-state index contributed by atoms with van der Waals surface area (Å²) < 4.78 is 44.3. The normalized spacial score (nSPS) is 29.5. The number of halogens is 3. The van der Waals surface area contributed by atoms with Crippen LogP contribution in [0.4, 0.5) is 13.2 Å². The molecule has 1 atom stereocenters. The largest absolute Gasteiger partial charge is 0.474 e. The van der Waals surface area contributed by atoms with Crippen molar-refractivity contribution in [1.29, 1.82) is 0 Å². The van der Waals surface area contributed by atoms with Crippen molar-refractivity contribution in [1.82, 2.24) is 15.0 Å². The molecule has 32 heavy (non-hydrogen) atoms. The predicted molar refractivity (Wildman–Crippen MR) is 112 cm³/mol. The lowest BCUT2D eigenvalue weighted by Crippen LogP contribution is -2.47. The van der Waals surface area contributed by atoms with Gasteiger partial charge in [-0.25, -0.2) is 15.0 Å². The highest BCUT2D eigenvalue weighted by atomic mass is 19.4. The monoisotopic (exact) mass is 453 g/mol. The van der Waals surface area contributed by atoms with E-state index in [2.05, 4.69) is 15.0 Å². The quantitative estimate of drug-likeness (QED) is 0.671. The highest BCUT2D eigenvalue weighted by Gasteiger charge is 2.40.